The lowest BCUT2D eigenvalue weighted by atomic mass is 10.0. The van der Waals surface area contributed by atoms with Crippen LogP contribution in [0.1, 0.15) is 69.4 Å². The molecule has 0 aliphatic rings. The van der Waals surface area contributed by atoms with Crippen molar-refractivity contribution < 1.29 is 41.4 Å². The van der Waals surface area contributed by atoms with Crippen LogP contribution in [0.3, 0.4) is 0 Å². The molecular formula is C24H22F5N3O4. The number of hydrogen-bond acceptors (Lipinski definition) is 4. The zero-order valence-electron chi connectivity index (χ0n) is 19.6. The SMILES string of the molecule is Cc1cc(C(C)NC(=O)c2c(C(F)F)nn(C)c2Oc2ccc(F)c(C(C)(F)F)c2)ccc1C(=O)O. The van der Waals surface area contributed by atoms with Crippen LogP contribution < -0.4 is 10.1 Å². The number of carbonyl (C=O) groups is 2. The van der Waals surface area contributed by atoms with E-state index in [0.717, 1.165) is 16.8 Å². The van der Waals surface area contributed by atoms with E-state index in [1.807, 2.05) is 0 Å². The van der Waals surface area contributed by atoms with Gasteiger partial charge in [0.25, 0.3) is 18.3 Å². The first-order chi connectivity index (χ1) is 16.7. The number of alkyl halides is 4. The molecule has 2 aromatic carbocycles. The van der Waals surface area contributed by atoms with Gasteiger partial charge >= 0.3 is 5.97 Å². The number of halogens is 5. The first kappa shape index (κ1) is 26.6. The molecule has 1 heterocycles. The molecule has 0 radical (unpaired) electrons. The monoisotopic (exact) mass is 511 g/mol. The minimum atomic E-state index is -3.55. The van der Waals surface area contributed by atoms with Gasteiger partial charge in [0.2, 0.25) is 5.88 Å². The normalized spacial score (nSPS) is 12.5. The fourth-order valence-electron chi connectivity index (χ4n) is 3.58. The van der Waals surface area contributed by atoms with E-state index in [1.165, 1.54) is 25.2 Å². The Morgan fingerprint density at radius 1 is 1.17 bits per heavy atom. The van der Waals surface area contributed by atoms with Crippen LogP contribution in [0.4, 0.5) is 22.0 Å². The second-order valence-corrected chi connectivity index (χ2v) is 8.20. The second kappa shape index (κ2) is 9.96. The largest absolute Gasteiger partial charge is 0.478 e. The molecule has 1 aromatic heterocycles. The molecule has 192 valence electrons. The molecule has 3 aromatic rings. The molecule has 36 heavy (non-hydrogen) atoms. The van der Waals surface area contributed by atoms with Gasteiger partial charge in [-0.05, 0) is 49.2 Å². The number of nitrogens with zero attached hydrogens (tertiary/aromatic N) is 2. The van der Waals surface area contributed by atoms with E-state index >= 15 is 0 Å². The van der Waals surface area contributed by atoms with Crippen LogP contribution in [-0.2, 0) is 13.0 Å². The molecular weight excluding hydrogens is 489 g/mol. The molecule has 0 saturated heterocycles. The zero-order chi connectivity index (χ0) is 26.9. The lowest BCUT2D eigenvalue weighted by Crippen LogP contribution is -2.28. The Bertz CT molecular complexity index is 1320. The predicted octanol–water partition coefficient (Wildman–Crippen LogP) is 5.90. The number of carboxylic acids is 1. The number of carboxylic acid groups (broad SMARTS) is 1. The molecule has 0 spiro atoms. The standard InChI is InChI=1S/C24H22F5N3O4/c1-11-9-13(5-7-15(11)23(34)35)12(2)30-21(33)18-19(20(26)27)31-32(4)22(18)36-14-6-8-17(25)16(10-14)24(3,28)29/h5-10,12,20H,1-4H3,(H,30,33)(H,34,35). The van der Waals surface area contributed by atoms with Crippen molar-refractivity contribution in [3.05, 3.63) is 75.7 Å². The van der Waals surface area contributed by atoms with Crippen molar-refractivity contribution in [1.29, 1.82) is 0 Å². The van der Waals surface area contributed by atoms with Crippen LogP contribution in [0, 0.1) is 12.7 Å². The Morgan fingerprint density at radius 3 is 2.39 bits per heavy atom. The third kappa shape index (κ3) is 5.47. The van der Waals surface area contributed by atoms with Gasteiger partial charge in [0.15, 0.2) is 0 Å². The summed E-state index contributed by atoms with van der Waals surface area (Å²) in [5.41, 5.74) is -1.51. The van der Waals surface area contributed by atoms with E-state index < -0.39 is 58.8 Å². The molecule has 12 heteroatoms. The van der Waals surface area contributed by atoms with E-state index in [0.29, 0.717) is 24.1 Å². The van der Waals surface area contributed by atoms with Crippen molar-refractivity contribution in [2.24, 2.45) is 7.05 Å². The quantitative estimate of drug-likeness (QED) is 0.368. The van der Waals surface area contributed by atoms with E-state index in [2.05, 4.69) is 10.4 Å². The zero-order valence-corrected chi connectivity index (χ0v) is 19.6. The lowest BCUT2D eigenvalue weighted by molar-refractivity contribution is 0.0135. The number of ether oxygens (including phenoxy) is 1. The van der Waals surface area contributed by atoms with Crippen LogP contribution in [0.2, 0.25) is 0 Å². The van der Waals surface area contributed by atoms with Crippen LogP contribution in [0.15, 0.2) is 36.4 Å². The number of benzene rings is 2. The minimum Gasteiger partial charge on any atom is -0.478 e. The highest BCUT2D eigenvalue weighted by molar-refractivity contribution is 5.98. The van der Waals surface area contributed by atoms with Gasteiger partial charge < -0.3 is 15.2 Å². The minimum absolute atomic E-state index is 0.0662. The molecule has 0 aliphatic heterocycles. The summed E-state index contributed by atoms with van der Waals surface area (Å²) < 4.78 is 75.0. The fourth-order valence-corrected chi connectivity index (χ4v) is 3.58. The van der Waals surface area contributed by atoms with Crippen LogP contribution in [0.5, 0.6) is 11.6 Å². The van der Waals surface area contributed by atoms with E-state index in [1.54, 1.807) is 13.8 Å². The Morgan fingerprint density at radius 2 is 1.83 bits per heavy atom. The smallest absolute Gasteiger partial charge is 0.335 e. The molecule has 2 N–H and O–H groups in total. The second-order valence-electron chi connectivity index (χ2n) is 8.20. The van der Waals surface area contributed by atoms with E-state index in [-0.39, 0.29) is 11.3 Å². The maximum absolute atomic E-state index is 13.9. The third-order valence-corrected chi connectivity index (χ3v) is 5.41. The van der Waals surface area contributed by atoms with Gasteiger partial charge in [0, 0.05) is 14.0 Å². The number of nitrogens with one attached hydrogen (secondary N) is 1. The topological polar surface area (TPSA) is 93.5 Å². The first-order valence-electron chi connectivity index (χ1n) is 10.6. The summed E-state index contributed by atoms with van der Waals surface area (Å²) in [6.07, 6.45) is -3.18. The van der Waals surface area contributed by atoms with Gasteiger partial charge in [0.1, 0.15) is 22.8 Å². The summed E-state index contributed by atoms with van der Waals surface area (Å²) in [4.78, 5) is 24.3. The molecule has 7 nitrogen and oxygen atoms in total. The average molecular weight is 511 g/mol. The van der Waals surface area contributed by atoms with Gasteiger partial charge in [0.05, 0.1) is 17.2 Å². The molecule has 1 amide bonds. The van der Waals surface area contributed by atoms with Crippen molar-refractivity contribution in [2.45, 2.75) is 39.2 Å². The van der Waals surface area contributed by atoms with Crippen molar-refractivity contribution in [3.8, 4) is 11.6 Å². The third-order valence-electron chi connectivity index (χ3n) is 5.41. The molecule has 0 aliphatic carbocycles. The number of aromatic nitrogens is 2. The summed E-state index contributed by atoms with van der Waals surface area (Å²) in [5, 5.41) is 15.3. The van der Waals surface area contributed by atoms with Crippen molar-refractivity contribution in [1.82, 2.24) is 15.1 Å². The van der Waals surface area contributed by atoms with E-state index in [4.69, 9.17) is 4.74 Å². The first-order valence-corrected chi connectivity index (χ1v) is 10.6. The van der Waals surface area contributed by atoms with Gasteiger partial charge in [-0.1, -0.05) is 12.1 Å². The number of aryl methyl sites for hydroxylation is 2. The number of amides is 1. The average Bonchev–Trinajstić information content (AvgIpc) is 3.10. The molecule has 1 atom stereocenters. The van der Waals surface area contributed by atoms with Gasteiger partial charge in [-0.3, -0.25) is 4.79 Å². The molecule has 3 rings (SSSR count). The number of carbonyl (C=O) groups excluding carboxylic acids is 1. The summed E-state index contributed by atoms with van der Waals surface area (Å²) in [6, 6.07) is 6.08. The van der Waals surface area contributed by atoms with E-state index in [9.17, 15) is 36.6 Å². The summed E-state index contributed by atoms with van der Waals surface area (Å²) in [6.45, 7) is 3.61. The van der Waals surface area contributed by atoms with Crippen molar-refractivity contribution in [3.63, 3.8) is 0 Å². The maximum Gasteiger partial charge on any atom is 0.335 e. The van der Waals surface area contributed by atoms with Gasteiger partial charge in [-0.25, -0.2) is 31.4 Å². The van der Waals surface area contributed by atoms with Crippen molar-refractivity contribution in [2.75, 3.05) is 0 Å². The lowest BCUT2D eigenvalue weighted by Gasteiger charge is -2.17. The fraction of sp³-hybridized carbons (Fsp3) is 0.292. The number of aromatic carboxylic acids is 1. The Labute approximate surface area is 202 Å². The molecule has 0 bridgehead atoms. The highest BCUT2D eigenvalue weighted by Crippen LogP contribution is 2.36. The number of hydrogen-bond donors (Lipinski definition) is 2. The predicted molar refractivity (Wildman–Crippen MR) is 118 cm³/mol. The molecule has 1 unspecified atom stereocenters. The van der Waals surface area contributed by atoms with Crippen molar-refractivity contribution >= 4 is 11.9 Å². The van der Waals surface area contributed by atoms with Gasteiger partial charge in [-0.2, -0.15) is 5.10 Å². The highest BCUT2D eigenvalue weighted by atomic mass is 19.3. The Hall–Kier alpha value is -3.96. The van der Waals surface area contributed by atoms with Crippen LogP contribution in [0.25, 0.3) is 0 Å². The van der Waals surface area contributed by atoms with Gasteiger partial charge in [-0.15, -0.1) is 0 Å². The molecule has 0 fully saturated rings. The maximum atomic E-state index is 13.9. The van der Waals surface area contributed by atoms with Crippen LogP contribution in [-0.4, -0.2) is 26.8 Å². The highest BCUT2D eigenvalue weighted by Gasteiger charge is 2.32. The Kier molecular flexibility index (Phi) is 7.37. The summed E-state index contributed by atoms with van der Waals surface area (Å²) in [7, 11) is 1.22. The Balaban J connectivity index is 1.97. The summed E-state index contributed by atoms with van der Waals surface area (Å²) in [5.74, 6) is -7.65. The number of rotatable bonds is 8. The summed E-state index contributed by atoms with van der Waals surface area (Å²) >= 11 is 0. The van der Waals surface area contributed by atoms with Crippen LogP contribution >= 0.6 is 0 Å². The molecule has 0 saturated carbocycles.